The van der Waals surface area contributed by atoms with E-state index < -0.39 is 11.9 Å². The number of hydrogen-bond acceptors (Lipinski definition) is 6. The van der Waals surface area contributed by atoms with Crippen LogP contribution in [0.4, 0.5) is 0 Å². The van der Waals surface area contributed by atoms with Crippen LogP contribution in [0, 0.1) is 6.92 Å². The molecule has 0 radical (unpaired) electrons. The fourth-order valence-electron chi connectivity index (χ4n) is 3.61. The molecular weight excluding hydrogens is 432 g/mol. The van der Waals surface area contributed by atoms with E-state index in [4.69, 9.17) is 27.1 Å². The fraction of sp³-hybridized carbons (Fsp3) is 0.227. The highest BCUT2D eigenvalue weighted by atomic mass is 35.5. The van der Waals surface area contributed by atoms with Crippen LogP contribution in [0.25, 0.3) is 5.69 Å². The maximum absolute atomic E-state index is 12.5. The van der Waals surface area contributed by atoms with E-state index in [1.54, 1.807) is 19.2 Å². The molecule has 0 unspecified atom stereocenters. The number of nitrogens with one attached hydrogen (secondary N) is 1. The molecule has 0 saturated carbocycles. The monoisotopic (exact) mass is 452 g/mol. The molecule has 3 N–H and O–H groups in total. The molecular formula is C22H21ClN6O3. The van der Waals surface area contributed by atoms with Crippen LogP contribution in [0.2, 0.25) is 5.02 Å². The number of halogens is 1. The summed E-state index contributed by atoms with van der Waals surface area (Å²) in [6.45, 7) is 1.59. The van der Waals surface area contributed by atoms with E-state index in [0.717, 1.165) is 16.8 Å². The SMILES string of the molecule is COc1ccc2c(c1)C(c1ccc(Cl)cc1)=N[C@@H](CC(=O)NCC(N)=O)c1nnc(C)n1-2. The number of methoxy groups -OCH3 is 1. The van der Waals surface area contributed by atoms with Gasteiger partial charge >= 0.3 is 0 Å². The molecule has 0 bridgehead atoms. The van der Waals surface area contributed by atoms with Crippen LogP contribution in [0.1, 0.15) is 35.2 Å². The van der Waals surface area contributed by atoms with Gasteiger partial charge in [0.1, 0.15) is 17.6 Å². The second-order valence-electron chi connectivity index (χ2n) is 7.27. The number of rotatable bonds is 6. The zero-order valence-corrected chi connectivity index (χ0v) is 18.3. The zero-order valence-electron chi connectivity index (χ0n) is 17.5. The maximum atomic E-state index is 12.5. The Labute approximate surface area is 189 Å². The van der Waals surface area contributed by atoms with Crippen LogP contribution in [0.3, 0.4) is 0 Å². The number of nitrogens with two attached hydrogens (primary N) is 1. The van der Waals surface area contributed by atoms with Gasteiger partial charge in [-0.1, -0.05) is 23.7 Å². The minimum Gasteiger partial charge on any atom is -0.497 e. The van der Waals surface area contributed by atoms with Crippen molar-refractivity contribution in [3.05, 3.63) is 70.3 Å². The summed E-state index contributed by atoms with van der Waals surface area (Å²) in [5.74, 6) is 0.843. The number of aliphatic imine (C=N–C) groups is 1. The molecule has 2 aromatic carbocycles. The highest BCUT2D eigenvalue weighted by molar-refractivity contribution is 6.30. The van der Waals surface area contributed by atoms with Crippen molar-refractivity contribution in [1.82, 2.24) is 20.1 Å². The van der Waals surface area contributed by atoms with Gasteiger partial charge in [-0.2, -0.15) is 0 Å². The molecule has 4 rings (SSSR count). The summed E-state index contributed by atoms with van der Waals surface area (Å²) in [7, 11) is 1.60. The van der Waals surface area contributed by atoms with Crippen molar-refractivity contribution in [3.8, 4) is 11.4 Å². The lowest BCUT2D eigenvalue weighted by atomic mass is 10.00. The van der Waals surface area contributed by atoms with Gasteiger partial charge in [0, 0.05) is 16.1 Å². The average molecular weight is 453 g/mol. The average Bonchev–Trinajstić information content (AvgIpc) is 3.10. The minimum atomic E-state index is -0.645. The van der Waals surface area contributed by atoms with E-state index in [0.29, 0.717) is 28.1 Å². The van der Waals surface area contributed by atoms with E-state index in [9.17, 15) is 9.59 Å². The van der Waals surface area contributed by atoms with Crippen LogP contribution in [0.5, 0.6) is 5.75 Å². The lowest BCUT2D eigenvalue weighted by Gasteiger charge is -2.14. The summed E-state index contributed by atoms with van der Waals surface area (Å²) in [6, 6.07) is 12.3. The van der Waals surface area contributed by atoms with E-state index >= 15 is 0 Å². The van der Waals surface area contributed by atoms with E-state index in [2.05, 4.69) is 15.5 Å². The maximum Gasteiger partial charge on any atom is 0.236 e. The molecule has 1 aliphatic rings. The smallest absolute Gasteiger partial charge is 0.236 e. The van der Waals surface area contributed by atoms with Crippen molar-refractivity contribution < 1.29 is 14.3 Å². The van der Waals surface area contributed by atoms with Gasteiger partial charge in [-0.15, -0.1) is 10.2 Å². The van der Waals surface area contributed by atoms with Crippen molar-refractivity contribution in [1.29, 1.82) is 0 Å². The summed E-state index contributed by atoms with van der Waals surface area (Å²) in [5, 5.41) is 11.6. The van der Waals surface area contributed by atoms with Gasteiger partial charge in [0.05, 0.1) is 31.5 Å². The minimum absolute atomic E-state index is 0.0341. The lowest BCUT2D eigenvalue weighted by Crippen LogP contribution is -2.34. The molecule has 2 amide bonds. The van der Waals surface area contributed by atoms with Crippen molar-refractivity contribution in [2.24, 2.45) is 10.7 Å². The van der Waals surface area contributed by atoms with Crippen LogP contribution < -0.4 is 15.8 Å². The highest BCUT2D eigenvalue weighted by Gasteiger charge is 2.30. The summed E-state index contributed by atoms with van der Waals surface area (Å²) in [6.07, 6.45) is -0.0341. The molecule has 0 spiro atoms. The number of ether oxygens (including phenoxy) is 1. The number of benzene rings is 2. The zero-order chi connectivity index (χ0) is 22.8. The number of primary amides is 1. The van der Waals surface area contributed by atoms with Crippen molar-refractivity contribution in [2.75, 3.05) is 13.7 Å². The molecule has 32 heavy (non-hydrogen) atoms. The number of aromatic nitrogens is 3. The molecule has 10 heteroatoms. The normalized spacial score (nSPS) is 14.6. The molecule has 164 valence electrons. The third kappa shape index (κ3) is 4.19. The Morgan fingerprint density at radius 2 is 1.94 bits per heavy atom. The Kier molecular flexibility index (Phi) is 5.91. The lowest BCUT2D eigenvalue weighted by molar-refractivity contribution is -0.125. The van der Waals surface area contributed by atoms with Crippen LogP contribution in [0.15, 0.2) is 47.5 Å². The van der Waals surface area contributed by atoms with Crippen LogP contribution in [-0.4, -0.2) is 45.9 Å². The van der Waals surface area contributed by atoms with E-state index in [1.807, 2.05) is 41.8 Å². The number of carbonyl (C=O) groups is 2. The van der Waals surface area contributed by atoms with Crippen LogP contribution >= 0.6 is 11.6 Å². The molecule has 9 nitrogen and oxygen atoms in total. The van der Waals surface area contributed by atoms with Crippen LogP contribution in [-0.2, 0) is 9.59 Å². The first-order chi connectivity index (χ1) is 15.4. The van der Waals surface area contributed by atoms with Gasteiger partial charge in [-0.25, -0.2) is 0 Å². The number of hydrogen-bond donors (Lipinski definition) is 2. The predicted molar refractivity (Wildman–Crippen MR) is 119 cm³/mol. The first-order valence-electron chi connectivity index (χ1n) is 9.87. The quantitative estimate of drug-likeness (QED) is 0.592. The van der Waals surface area contributed by atoms with Gasteiger partial charge in [0.25, 0.3) is 0 Å². The predicted octanol–water partition coefficient (Wildman–Crippen LogP) is 2.12. The van der Waals surface area contributed by atoms with Gasteiger partial charge < -0.3 is 15.8 Å². The summed E-state index contributed by atoms with van der Waals surface area (Å²) >= 11 is 6.09. The Morgan fingerprint density at radius 1 is 1.19 bits per heavy atom. The number of amides is 2. The van der Waals surface area contributed by atoms with E-state index in [-0.39, 0.29) is 18.9 Å². The Bertz CT molecular complexity index is 1220. The van der Waals surface area contributed by atoms with Gasteiger partial charge in [-0.3, -0.25) is 19.1 Å². The number of fused-ring (bicyclic) bond motifs is 3. The van der Waals surface area contributed by atoms with Gasteiger partial charge in [0.15, 0.2) is 5.82 Å². The fourth-order valence-corrected chi connectivity index (χ4v) is 3.74. The van der Waals surface area contributed by atoms with Crippen molar-refractivity contribution >= 4 is 29.1 Å². The highest BCUT2D eigenvalue weighted by Crippen LogP contribution is 2.34. The molecule has 0 fully saturated rings. The second kappa shape index (κ2) is 8.80. The summed E-state index contributed by atoms with van der Waals surface area (Å²) < 4.78 is 7.33. The van der Waals surface area contributed by atoms with Crippen molar-refractivity contribution in [2.45, 2.75) is 19.4 Å². The molecule has 0 aliphatic carbocycles. The van der Waals surface area contributed by atoms with Gasteiger partial charge in [0.2, 0.25) is 11.8 Å². The second-order valence-corrected chi connectivity index (χ2v) is 7.71. The third-order valence-electron chi connectivity index (χ3n) is 5.09. The summed E-state index contributed by atoms with van der Waals surface area (Å²) in [5.41, 5.74) is 8.24. The Hall–Kier alpha value is -3.72. The number of aryl methyl sites for hydroxylation is 1. The third-order valence-corrected chi connectivity index (χ3v) is 5.34. The van der Waals surface area contributed by atoms with E-state index in [1.165, 1.54) is 0 Å². The molecule has 3 aromatic rings. The van der Waals surface area contributed by atoms with Gasteiger partial charge in [-0.05, 0) is 37.3 Å². The molecule has 2 heterocycles. The largest absolute Gasteiger partial charge is 0.497 e. The molecule has 1 aliphatic heterocycles. The first-order valence-corrected chi connectivity index (χ1v) is 10.2. The van der Waals surface area contributed by atoms with Crippen molar-refractivity contribution in [3.63, 3.8) is 0 Å². The Balaban J connectivity index is 1.88. The molecule has 1 atom stereocenters. The standard InChI is InChI=1S/C22H21ClN6O3/c1-12-27-28-22-17(10-20(31)25-11-19(24)30)26-21(13-3-5-14(23)6-4-13)16-9-15(32-2)7-8-18(16)29(12)22/h3-9,17H,10-11H2,1-2H3,(H2,24,30)(H,25,31)/t17-/m0/s1. The summed E-state index contributed by atoms with van der Waals surface area (Å²) in [4.78, 5) is 28.5. The number of nitrogens with zero attached hydrogens (tertiary/aromatic N) is 4. The topological polar surface area (TPSA) is 124 Å². The Morgan fingerprint density at radius 3 is 2.62 bits per heavy atom. The first kappa shape index (κ1) is 21.5. The molecule has 1 aromatic heterocycles. The molecule has 0 saturated heterocycles. The number of carbonyl (C=O) groups excluding carboxylic acids is 2.